The number of nitrogens with zero attached hydrogens (tertiary/aromatic N) is 1. The Morgan fingerprint density at radius 1 is 0.921 bits per heavy atom. The number of hydrogen-bond donors (Lipinski definition) is 1. The number of nitrogens with one attached hydrogen (secondary N) is 1. The number of rotatable bonds is 4. The average molecular weight is 619 g/mol. The Kier molecular flexibility index (Phi) is 7.34. The van der Waals surface area contributed by atoms with E-state index in [2.05, 4.69) is 21.2 Å². The van der Waals surface area contributed by atoms with E-state index in [4.69, 9.17) is 4.74 Å². The Labute approximate surface area is 219 Å². The number of alkyl halides is 9. The van der Waals surface area contributed by atoms with Crippen LogP contribution in [-0.2, 0) is 29.8 Å². The molecule has 2 aromatic rings. The summed E-state index contributed by atoms with van der Waals surface area (Å²) < 4.78 is 126. The molecule has 1 N–H and O–H groups in total. The van der Waals surface area contributed by atoms with Crippen molar-refractivity contribution in [3.8, 4) is 0 Å². The zero-order valence-electron chi connectivity index (χ0n) is 19.5. The quantitative estimate of drug-likeness (QED) is 0.350. The molecule has 0 radical (unpaired) electrons. The first kappa shape index (κ1) is 28.4. The first-order valence-corrected chi connectivity index (χ1v) is 12.1. The summed E-state index contributed by atoms with van der Waals surface area (Å²) in [5.74, 6) is 0.143. The molecule has 1 heterocycles. The first-order valence-electron chi connectivity index (χ1n) is 11.3. The number of ether oxygens (including phenoxy) is 1. The highest BCUT2D eigenvalue weighted by Gasteiger charge is 2.43. The lowest BCUT2D eigenvalue weighted by molar-refractivity contribution is -0.143. The van der Waals surface area contributed by atoms with Crippen LogP contribution in [0.5, 0.6) is 0 Å². The van der Waals surface area contributed by atoms with Crippen molar-refractivity contribution in [2.24, 2.45) is 5.92 Å². The molecule has 0 saturated heterocycles. The van der Waals surface area contributed by atoms with Crippen LogP contribution in [-0.4, -0.2) is 24.1 Å². The maximum Gasteiger partial charge on any atom is 0.416 e. The van der Waals surface area contributed by atoms with Crippen LogP contribution in [0.15, 0.2) is 34.8 Å². The van der Waals surface area contributed by atoms with Gasteiger partial charge in [-0.15, -0.1) is 0 Å². The molecule has 2 aromatic carbocycles. The number of carbonyl (C=O) groups excluding carboxylic acids is 1. The smallest absolute Gasteiger partial charge is 0.416 e. The second-order valence-corrected chi connectivity index (χ2v) is 10.1. The molecule has 2 atom stereocenters. The van der Waals surface area contributed by atoms with E-state index in [1.807, 2.05) is 0 Å². The fourth-order valence-electron chi connectivity index (χ4n) is 4.65. The highest BCUT2D eigenvalue weighted by molar-refractivity contribution is 9.10. The van der Waals surface area contributed by atoms with Crippen molar-refractivity contribution in [1.29, 1.82) is 0 Å². The zero-order chi connectivity index (χ0) is 28.2. The van der Waals surface area contributed by atoms with Gasteiger partial charge in [-0.1, -0.05) is 0 Å². The Morgan fingerprint density at radius 2 is 1.45 bits per heavy atom. The molecule has 2 aliphatic rings. The Balaban J connectivity index is 1.84. The summed E-state index contributed by atoms with van der Waals surface area (Å²) in [4.78, 5) is 13.7. The predicted molar refractivity (Wildman–Crippen MR) is 121 cm³/mol. The number of methoxy groups -OCH3 is 1. The Hall–Kier alpha value is -2.64. The van der Waals surface area contributed by atoms with E-state index >= 15 is 0 Å². The molecule has 0 aromatic heterocycles. The summed E-state index contributed by atoms with van der Waals surface area (Å²) in [6.45, 7) is -0.769. The van der Waals surface area contributed by atoms with Crippen LogP contribution in [0.4, 0.5) is 50.0 Å². The number of carbonyl (C=O) groups is 1. The molecule has 4 nitrogen and oxygen atoms in total. The third kappa shape index (κ3) is 5.99. The molecule has 1 aliphatic carbocycles. The molecule has 0 bridgehead atoms. The van der Waals surface area contributed by atoms with Crippen molar-refractivity contribution in [2.45, 2.75) is 56.4 Å². The van der Waals surface area contributed by atoms with Gasteiger partial charge in [0.05, 0.1) is 35.5 Å². The van der Waals surface area contributed by atoms with Gasteiger partial charge in [-0.2, -0.15) is 39.5 Å². The van der Waals surface area contributed by atoms with Crippen LogP contribution in [0, 0.1) is 5.92 Å². The molecule has 1 fully saturated rings. The summed E-state index contributed by atoms with van der Waals surface area (Å²) >= 11 is 3.14. The molecule has 1 aliphatic heterocycles. The Morgan fingerprint density at radius 3 is 1.92 bits per heavy atom. The lowest BCUT2D eigenvalue weighted by Crippen LogP contribution is -2.41. The highest BCUT2D eigenvalue weighted by atomic mass is 79.9. The first-order chi connectivity index (χ1) is 17.5. The number of amides is 1. The maximum atomic E-state index is 13.6. The second-order valence-electron chi connectivity index (χ2n) is 9.27. The predicted octanol–water partition coefficient (Wildman–Crippen LogP) is 8.41. The van der Waals surface area contributed by atoms with Crippen molar-refractivity contribution in [2.75, 3.05) is 12.4 Å². The zero-order valence-corrected chi connectivity index (χ0v) is 21.1. The van der Waals surface area contributed by atoms with E-state index in [0.717, 1.165) is 37.0 Å². The van der Waals surface area contributed by atoms with E-state index in [-0.39, 0.29) is 40.2 Å². The van der Waals surface area contributed by atoms with Gasteiger partial charge < -0.3 is 10.1 Å². The number of hydrogen-bond acceptors (Lipinski definition) is 3. The van der Waals surface area contributed by atoms with Crippen LogP contribution in [0.1, 0.15) is 53.1 Å². The fraction of sp³-hybridized carbons (Fsp3) is 0.458. The highest BCUT2D eigenvalue weighted by Crippen LogP contribution is 2.49. The van der Waals surface area contributed by atoms with Gasteiger partial charge in [0, 0.05) is 17.1 Å². The van der Waals surface area contributed by atoms with Crippen LogP contribution < -0.4 is 5.32 Å². The molecule has 4 rings (SSSR count). The topological polar surface area (TPSA) is 41.6 Å². The van der Waals surface area contributed by atoms with E-state index in [1.54, 1.807) is 0 Å². The molecule has 0 unspecified atom stereocenters. The van der Waals surface area contributed by atoms with Crippen molar-refractivity contribution >= 4 is 27.7 Å². The molecule has 0 spiro atoms. The Bertz CT molecular complexity index is 1190. The third-order valence-electron chi connectivity index (χ3n) is 6.59. The van der Waals surface area contributed by atoms with Crippen LogP contribution >= 0.6 is 15.9 Å². The van der Waals surface area contributed by atoms with Crippen molar-refractivity contribution < 1.29 is 49.0 Å². The lowest BCUT2D eigenvalue weighted by Gasteiger charge is -2.40. The average Bonchev–Trinajstić information content (AvgIpc) is 3.65. The summed E-state index contributed by atoms with van der Waals surface area (Å²) in [6, 6.07) is 1.18. The minimum absolute atomic E-state index is 0.0111. The number of anilines is 1. The third-order valence-corrected chi connectivity index (χ3v) is 7.22. The van der Waals surface area contributed by atoms with Gasteiger partial charge in [0.1, 0.15) is 0 Å². The summed E-state index contributed by atoms with van der Waals surface area (Å²) in [5.41, 5.74) is -4.42. The van der Waals surface area contributed by atoms with Crippen molar-refractivity contribution in [3.05, 3.63) is 62.6 Å². The number of benzene rings is 2. The van der Waals surface area contributed by atoms with Gasteiger partial charge in [-0.05, 0) is 82.6 Å². The molecular formula is C24H20BrF9N2O2. The van der Waals surface area contributed by atoms with Crippen LogP contribution in [0.3, 0.4) is 0 Å². The second kappa shape index (κ2) is 9.83. The van der Waals surface area contributed by atoms with Gasteiger partial charge in [0.2, 0.25) is 0 Å². The summed E-state index contributed by atoms with van der Waals surface area (Å²) in [6.07, 6.45) is -14.4. The molecule has 1 saturated carbocycles. The van der Waals surface area contributed by atoms with Gasteiger partial charge in [-0.3, -0.25) is 4.90 Å². The summed E-state index contributed by atoms with van der Waals surface area (Å²) in [7, 11) is 0.963. The van der Waals surface area contributed by atoms with E-state index in [0.29, 0.717) is 12.1 Å². The van der Waals surface area contributed by atoms with Crippen LogP contribution in [0.25, 0.3) is 0 Å². The maximum absolute atomic E-state index is 13.6. The monoisotopic (exact) mass is 618 g/mol. The largest absolute Gasteiger partial charge is 0.453 e. The molecule has 208 valence electrons. The molecule has 1 amide bonds. The molecule has 38 heavy (non-hydrogen) atoms. The van der Waals surface area contributed by atoms with Gasteiger partial charge in [0.25, 0.3) is 0 Å². The standard InChI is InChI=1S/C24H20BrF9N2O2/c1-38-21(37)36(10-11-4-13(22(26,27)28)6-14(5-11)23(29,30)31)19-9-18(12-2-3-12)35-20-16(19)7-15(8-17(20)25)24(32,33)34/h4-8,12,18-19,35H,2-3,9-10H2,1H3/t18-,19-/m1/s1. The SMILES string of the molecule is COC(=O)N(Cc1cc(C(F)(F)F)cc(C(F)(F)F)c1)[C@@H]1C[C@H](C2CC2)Nc2c(Br)cc(C(F)(F)F)cc21. The van der Waals surface area contributed by atoms with E-state index < -0.39 is 59.5 Å². The van der Waals surface area contributed by atoms with E-state index in [1.165, 1.54) is 0 Å². The van der Waals surface area contributed by atoms with Crippen LogP contribution in [0.2, 0.25) is 0 Å². The minimum atomic E-state index is -5.11. The minimum Gasteiger partial charge on any atom is -0.453 e. The normalized spacial score (nSPS) is 20.0. The van der Waals surface area contributed by atoms with Gasteiger partial charge >= 0.3 is 24.6 Å². The molecular weight excluding hydrogens is 599 g/mol. The number of halogens is 10. The van der Waals surface area contributed by atoms with Crippen molar-refractivity contribution in [3.63, 3.8) is 0 Å². The summed E-state index contributed by atoms with van der Waals surface area (Å²) in [5, 5.41) is 3.18. The van der Waals surface area contributed by atoms with Gasteiger partial charge in [0.15, 0.2) is 0 Å². The van der Waals surface area contributed by atoms with E-state index in [9.17, 15) is 44.3 Å². The number of fused-ring (bicyclic) bond motifs is 1. The fourth-order valence-corrected chi connectivity index (χ4v) is 5.24. The lowest BCUT2D eigenvalue weighted by atomic mass is 9.88. The molecule has 14 heteroatoms. The van der Waals surface area contributed by atoms with Gasteiger partial charge in [-0.25, -0.2) is 4.79 Å². The van der Waals surface area contributed by atoms with Crippen molar-refractivity contribution in [1.82, 2.24) is 4.90 Å².